The number of carboxylic acid groups (broad SMARTS) is 2. The van der Waals surface area contributed by atoms with Crippen LogP contribution in [0.25, 0.3) is 0 Å². The van der Waals surface area contributed by atoms with E-state index >= 15 is 0 Å². The number of nitrogens with one attached hydrogen (secondary N) is 2. The van der Waals surface area contributed by atoms with Crippen LogP contribution in [0.2, 0.25) is 0 Å². The lowest BCUT2D eigenvalue weighted by Gasteiger charge is -2.09. The molecule has 2 amide bonds. The van der Waals surface area contributed by atoms with E-state index in [0.29, 0.717) is 6.54 Å². The number of carbonyl (C=O) groups is 3. The number of thioether (sulfide) groups is 1. The number of benzene rings is 1. The number of aromatic carboxylic acids is 2. The van der Waals surface area contributed by atoms with Crippen molar-refractivity contribution in [2.24, 2.45) is 0 Å². The lowest BCUT2D eigenvalue weighted by Crippen LogP contribution is -2.30. The third-order valence-corrected chi connectivity index (χ3v) is 3.19. The topological polar surface area (TPSA) is 116 Å². The molecule has 8 heteroatoms. The van der Waals surface area contributed by atoms with Crippen LogP contribution in [0.5, 0.6) is 0 Å². The number of amides is 2. The molecular weight excluding hydrogens is 296 g/mol. The quantitative estimate of drug-likeness (QED) is 0.572. The third kappa shape index (κ3) is 5.74. The Hall–Kier alpha value is -2.22. The number of hydrogen-bond donors (Lipinski definition) is 4. The van der Waals surface area contributed by atoms with Crippen LogP contribution in [0.15, 0.2) is 18.2 Å². The number of carboxylic acids is 2. The molecule has 21 heavy (non-hydrogen) atoms. The number of hydrogen-bond acceptors (Lipinski definition) is 4. The molecule has 0 saturated carbocycles. The van der Waals surface area contributed by atoms with E-state index in [-0.39, 0.29) is 16.8 Å². The van der Waals surface area contributed by atoms with Gasteiger partial charge in [0.05, 0.1) is 11.1 Å². The van der Waals surface area contributed by atoms with Gasteiger partial charge in [-0.05, 0) is 36.6 Å². The summed E-state index contributed by atoms with van der Waals surface area (Å²) in [6.07, 6.45) is 2.77. The highest BCUT2D eigenvalue weighted by molar-refractivity contribution is 7.98. The smallest absolute Gasteiger partial charge is 0.335 e. The molecule has 0 aliphatic carbocycles. The average molecular weight is 312 g/mol. The van der Waals surface area contributed by atoms with Gasteiger partial charge in [0.2, 0.25) is 0 Å². The Kier molecular flexibility index (Phi) is 6.54. The van der Waals surface area contributed by atoms with Crippen molar-refractivity contribution < 1.29 is 24.6 Å². The molecule has 114 valence electrons. The van der Waals surface area contributed by atoms with Gasteiger partial charge in [-0.3, -0.25) is 0 Å². The normalized spacial score (nSPS) is 9.95. The molecule has 0 radical (unpaired) electrons. The van der Waals surface area contributed by atoms with Gasteiger partial charge in [-0.2, -0.15) is 11.8 Å². The fourth-order valence-electron chi connectivity index (χ4n) is 1.54. The van der Waals surface area contributed by atoms with Gasteiger partial charge < -0.3 is 20.8 Å². The van der Waals surface area contributed by atoms with Crippen LogP contribution in [0.3, 0.4) is 0 Å². The maximum absolute atomic E-state index is 11.6. The minimum atomic E-state index is -1.26. The summed E-state index contributed by atoms with van der Waals surface area (Å²) in [5.74, 6) is -1.61. The Bertz CT molecular complexity index is 515. The van der Waals surface area contributed by atoms with Crippen molar-refractivity contribution in [3.05, 3.63) is 29.3 Å². The molecule has 0 unspecified atom stereocenters. The molecule has 0 fully saturated rings. The van der Waals surface area contributed by atoms with Gasteiger partial charge in [0, 0.05) is 12.2 Å². The largest absolute Gasteiger partial charge is 0.478 e. The van der Waals surface area contributed by atoms with Gasteiger partial charge in [0.1, 0.15) is 0 Å². The van der Waals surface area contributed by atoms with E-state index < -0.39 is 18.0 Å². The van der Waals surface area contributed by atoms with Crippen molar-refractivity contribution in [3.8, 4) is 0 Å². The molecule has 1 aromatic rings. The second-order valence-electron chi connectivity index (χ2n) is 4.14. The summed E-state index contributed by atoms with van der Waals surface area (Å²) in [6.45, 7) is 0.483. The molecule has 1 rings (SSSR count). The van der Waals surface area contributed by atoms with Gasteiger partial charge in [0.15, 0.2) is 0 Å². The number of carbonyl (C=O) groups excluding carboxylic acids is 1. The highest BCUT2D eigenvalue weighted by Crippen LogP contribution is 2.15. The van der Waals surface area contributed by atoms with Crippen LogP contribution < -0.4 is 10.6 Å². The molecule has 0 bridgehead atoms. The van der Waals surface area contributed by atoms with Crippen LogP contribution in [-0.2, 0) is 0 Å². The molecule has 0 aromatic heterocycles. The standard InChI is InChI=1S/C13H16N2O5S/c1-21-4-2-3-14-13(20)15-10-6-8(11(16)17)5-9(7-10)12(18)19/h5-7H,2-4H2,1H3,(H,16,17)(H,18,19)(H2,14,15,20). The van der Waals surface area contributed by atoms with Gasteiger partial charge in [-0.25, -0.2) is 14.4 Å². The molecule has 0 aliphatic rings. The first-order chi connectivity index (χ1) is 9.93. The Labute approximate surface area is 125 Å². The van der Waals surface area contributed by atoms with E-state index in [2.05, 4.69) is 10.6 Å². The lowest BCUT2D eigenvalue weighted by atomic mass is 10.1. The second kappa shape index (κ2) is 8.15. The van der Waals surface area contributed by atoms with Crippen molar-refractivity contribution in [2.45, 2.75) is 6.42 Å². The van der Waals surface area contributed by atoms with Crippen molar-refractivity contribution in [2.75, 3.05) is 23.9 Å². The van der Waals surface area contributed by atoms with Gasteiger partial charge in [-0.1, -0.05) is 0 Å². The number of rotatable bonds is 7. The Morgan fingerprint density at radius 1 is 1.10 bits per heavy atom. The number of urea groups is 1. The van der Waals surface area contributed by atoms with E-state index in [9.17, 15) is 14.4 Å². The summed E-state index contributed by atoms with van der Waals surface area (Å²) in [5, 5.41) is 22.9. The highest BCUT2D eigenvalue weighted by Gasteiger charge is 2.12. The van der Waals surface area contributed by atoms with Crippen LogP contribution in [-0.4, -0.2) is 46.7 Å². The van der Waals surface area contributed by atoms with Gasteiger partial charge in [-0.15, -0.1) is 0 Å². The molecule has 0 saturated heterocycles. The SMILES string of the molecule is CSCCCNC(=O)Nc1cc(C(=O)O)cc(C(=O)O)c1. The maximum atomic E-state index is 11.6. The van der Waals surface area contributed by atoms with Crippen molar-refractivity contribution >= 4 is 35.4 Å². The van der Waals surface area contributed by atoms with Crippen molar-refractivity contribution in [1.29, 1.82) is 0 Å². The first-order valence-electron chi connectivity index (χ1n) is 6.09. The minimum Gasteiger partial charge on any atom is -0.478 e. The van der Waals surface area contributed by atoms with Crippen LogP contribution in [0.4, 0.5) is 10.5 Å². The monoisotopic (exact) mass is 312 g/mol. The Morgan fingerprint density at radius 2 is 1.67 bits per heavy atom. The van der Waals surface area contributed by atoms with E-state index in [0.717, 1.165) is 18.2 Å². The molecule has 1 aromatic carbocycles. The lowest BCUT2D eigenvalue weighted by molar-refractivity contribution is 0.0696. The van der Waals surface area contributed by atoms with Crippen molar-refractivity contribution in [3.63, 3.8) is 0 Å². The zero-order valence-electron chi connectivity index (χ0n) is 11.4. The number of anilines is 1. The summed E-state index contributed by atoms with van der Waals surface area (Å²) in [4.78, 5) is 33.5. The van der Waals surface area contributed by atoms with Crippen LogP contribution in [0.1, 0.15) is 27.1 Å². The van der Waals surface area contributed by atoms with E-state index in [1.165, 1.54) is 12.1 Å². The Morgan fingerprint density at radius 3 is 2.14 bits per heavy atom. The molecular formula is C13H16N2O5S. The fourth-order valence-corrected chi connectivity index (χ4v) is 1.97. The maximum Gasteiger partial charge on any atom is 0.335 e. The minimum absolute atomic E-state index is 0.120. The molecule has 0 spiro atoms. The van der Waals surface area contributed by atoms with E-state index in [4.69, 9.17) is 10.2 Å². The zero-order chi connectivity index (χ0) is 15.8. The fraction of sp³-hybridized carbons (Fsp3) is 0.308. The van der Waals surface area contributed by atoms with Crippen LogP contribution >= 0.6 is 11.8 Å². The zero-order valence-corrected chi connectivity index (χ0v) is 12.2. The molecule has 4 N–H and O–H groups in total. The highest BCUT2D eigenvalue weighted by atomic mass is 32.2. The molecule has 0 atom stereocenters. The van der Waals surface area contributed by atoms with E-state index in [1.807, 2.05) is 6.26 Å². The van der Waals surface area contributed by atoms with Crippen molar-refractivity contribution in [1.82, 2.24) is 5.32 Å². The first kappa shape index (κ1) is 16.8. The predicted octanol–water partition coefficient (Wildman–Crippen LogP) is 1.96. The Balaban J connectivity index is 2.75. The first-order valence-corrected chi connectivity index (χ1v) is 7.49. The molecule has 7 nitrogen and oxygen atoms in total. The molecule has 0 aliphatic heterocycles. The summed E-state index contributed by atoms with van der Waals surface area (Å²) >= 11 is 1.67. The third-order valence-electron chi connectivity index (χ3n) is 2.50. The molecule has 0 heterocycles. The summed E-state index contributed by atoms with van der Waals surface area (Å²) in [6, 6.07) is 2.94. The predicted molar refractivity (Wildman–Crippen MR) is 80.4 cm³/mol. The summed E-state index contributed by atoms with van der Waals surface area (Å²) < 4.78 is 0. The van der Waals surface area contributed by atoms with E-state index in [1.54, 1.807) is 11.8 Å². The van der Waals surface area contributed by atoms with Gasteiger partial charge in [0.25, 0.3) is 0 Å². The second-order valence-corrected chi connectivity index (χ2v) is 5.12. The average Bonchev–Trinajstić information content (AvgIpc) is 2.43. The van der Waals surface area contributed by atoms with Crippen LogP contribution in [0, 0.1) is 0 Å². The summed E-state index contributed by atoms with van der Waals surface area (Å²) in [5.41, 5.74) is -0.283. The van der Waals surface area contributed by atoms with Gasteiger partial charge >= 0.3 is 18.0 Å². The summed E-state index contributed by atoms with van der Waals surface area (Å²) in [7, 11) is 0.